The molecule has 2 rings (SSSR count). The largest absolute Gasteiger partial charge is 0.271 e. The number of H-pyrrole nitrogens is 1. The van der Waals surface area contributed by atoms with Crippen LogP contribution in [0.2, 0.25) is 0 Å². The molecule has 0 atom stereocenters. The van der Waals surface area contributed by atoms with E-state index in [1.54, 1.807) is 12.1 Å². The Morgan fingerprint density at radius 2 is 1.82 bits per heavy atom. The van der Waals surface area contributed by atoms with E-state index in [0.717, 1.165) is 15.8 Å². The van der Waals surface area contributed by atoms with E-state index >= 15 is 0 Å². The molecule has 0 aliphatic heterocycles. The summed E-state index contributed by atoms with van der Waals surface area (Å²) >= 11 is 4.94. The number of hydrogen-bond donors (Lipinski definition) is 2. The molecule has 0 spiro atoms. The first-order valence-electron chi connectivity index (χ1n) is 6.04. The normalized spacial score (nSPS) is 12.5. The molecular weight excluding hydrogens is 348 g/mol. The second-order valence-electron chi connectivity index (χ2n) is 4.62. The van der Waals surface area contributed by atoms with Gasteiger partial charge in [0.05, 0.1) is 17.7 Å². The molecule has 1 heterocycles. The lowest BCUT2D eigenvalue weighted by Crippen LogP contribution is -2.25. The number of aromatic amines is 1. The number of hydrogen-bond acceptors (Lipinski definition) is 6. The van der Waals surface area contributed by atoms with E-state index < -0.39 is 20.0 Å². The first-order valence-corrected chi connectivity index (χ1v) is 9.78. The van der Waals surface area contributed by atoms with Crippen LogP contribution in [-0.2, 0) is 26.6 Å². The minimum Gasteiger partial charge on any atom is -0.251 e. The molecule has 120 valence electrons. The van der Waals surface area contributed by atoms with Gasteiger partial charge in [-0.3, -0.25) is 5.10 Å². The summed E-state index contributed by atoms with van der Waals surface area (Å²) in [5.74, 6) is -0.0454. The third-order valence-corrected chi connectivity index (χ3v) is 5.55. The van der Waals surface area contributed by atoms with Crippen LogP contribution in [-0.4, -0.2) is 37.3 Å². The molecule has 1 aromatic heterocycles. The molecule has 0 aliphatic carbocycles. The monoisotopic (exact) mass is 362 g/mol. The fourth-order valence-corrected chi connectivity index (χ4v) is 3.86. The van der Waals surface area contributed by atoms with Gasteiger partial charge < -0.3 is 0 Å². The molecule has 0 amide bonds. The number of aromatic nitrogens is 3. The summed E-state index contributed by atoms with van der Waals surface area (Å²) in [5, 5.41) is 6.13. The highest BCUT2D eigenvalue weighted by atomic mass is 32.2. The Morgan fingerprint density at radius 1 is 1.23 bits per heavy atom. The zero-order chi connectivity index (χ0) is 16.5. The number of nitrogens with one attached hydrogen (secondary N) is 2. The minimum atomic E-state index is -3.96. The van der Waals surface area contributed by atoms with Gasteiger partial charge in [-0.2, -0.15) is 9.07 Å². The first kappa shape index (κ1) is 16.8. The van der Waals surface area contributed by atoms with Gasteiger partial charge in [0, 0.05) is 0 Å². The fourth-order valence-electron chi connectivity index (χ4n) is 1.69. The second-order valence-corrected chi connectivity index (χ2v) is 8.63. The van der Waals surface area contributed by atoms with Crippen LogP contribution in [0.25, 0.3) is 0 Å². The van der Waals surface area contributed by atoms with Gasteiger partial charge in [0.2, 0.25) is 14.8 Å². The first-order chi connectivity index (χ1) is 10.1. The highest BCUT2D eigenvalue weighted by Gasteiger charge is 2.23. The number of aryl methyl sites for hydroxylation is 1. The summed E-state index contributed by atoms with van der Waals surface area (Å²) < 4.78 is 50.4. The summed E-state index contributed by atoms with van der Waals surface area (Å²) in [7, 11) is -7.45. The second kappa shape index (κ2) is 5.91. The summed E-state index contributed by atoms with van der Waals surface area (Å²) in [6.45, 7) is 1.54. The van der Waals surface area contributed by atoms with Gasteiger partial charge in [0.25, 0.3) is 10.0 Å². The van der Waals surface area contributed by atoms with E-state index in [1.807, 2.05) is 6.92 Å². The maximum absolute atomic E-state index is 12.6. The standard InChI is InChI=1S/C11H14N4O4S3/c1-8-3-5-9(6-4-8)22(18,19)15-10(13-14-11(15)20)7-12-21(2,16)17/h3-6,12H,7H2,1-2H3,(H,14,20). The third-order valence-electron chi connectivity index (χ3n) is 2.75. The van der Waals surface area contributed by atoms with Crippen molar-refractivity contribution in [2.45, 2.75) is 18.4 Å². The molecule has 0 unspecified atom stereocenters. The van der Waals surface area contributed by atoms with Gasteiger partial charge >= 0.3 is 0 Å². The van der Waals surface area contributed by atoms with Crippen LogP contribution in [0.4, 0.5) is 0 Å². The summed E-state index contributed by atoms with van der Waals surface area (Å²) in [6, 6.07) is 6.22. The summed E-state index contributed by atoms with van der Waals surface area (Å²) in [6.07, 6.45) is 0.965. The van der Waals surface area contributed by atoms with Crippen molar-refractivity contribution in [2.75, 3.05) is 6.26 Å². The van der Waals surface area contributed by atoms with Crippen LogP contribution < -0.4 is 4.72 Å². The third kappa shape index (κ3) is 3.61. The van der Waals surface area contributed by atoms with Crippen molar-refractivity contribution in [1.82, 2.24) is 18.9 Å². The molecule has 2 aromatic rings. The van der Waals surface area contributed by atoms with E-state index in [2.05, 4.69) is 14.9 Å². The Morgan fingerprint density at radius 3 is 2.36 bits per heavy atom. The van der Waals surface area contributed by atoms with Crippen LogP contribution in [0.1, 0.15) is 11.4 Å². The lowest BCUT2D eigenvalue weighted by molar-refractivity contribution is 0.575. The smallest absolute Gasteiger partial charge is 0.251 e. The molecular formula is C11H14N4O4S3. The molecule has 11 heteroatoms. The number of benzene rings is 1. The molecule has 0 saturated heterocycles. The van der Waals surface area contributed by atoms with Crippen molar-refractivity contribution in [3.8, 4) is 0 Å². The van der Waals surface area contributed by atoms with E-state index in [1.165, 1.54) is 12.1 Å². The lowest BCUT2D eigenvalue weighted by Gasteiger charge is -2.09. The molecule has 0 saturated carbocycles. The topological polar surface area (TPSA) is 114 Å². The van der Waals surface area contributed by atoms with E-state index in [-0.39, 0.29) is 22.0 Å². The average Bonchev–Trinajstić information content (AvgIpc) is 2.78. The number of nitrogens with zero attached hydrogens (tertiary/aromatic N) is 2. The highest BCUT2D eigenvalue weighted by Crippen LogP contribution is 2.16. The Bertz CT molecular complexity index is 940. The van der Waals surface area contributed by atoms with Crippen molar-refractivity contribution in [3.05, 3.63) is 40.4 Å². The summed E-state index contributed by atoms with van der Waals surface area (Å²) in [4.78, 5) is 0.0382. The molecule has 1 aromatic carbocycles. The lowest BCUT2D eigenvalue weighted by atomic mass is 10.2. The van der Waals surface area contributed by atoms with Gasteiger partial charge in [-0.15, -0.1) is 0 Å². The van der Waals surface area contributed by atoms with Gasteiger partial charge in [-0.05, 0) is 31.3 Å². The fraction of sp³-hybridized carbons (Fsp3) is 0.273. The van der Waals surface area contributed by atoms with Crippen molar-refractivity contribution < 1.29 is 16.8 Å². The predicted molar refractivity (Wildman–Crippen MR) is 82.9 cm³/mol. The Balaban J connectivity index is 2.50. The zero-order valence-corrected chi connectivity index (χ0v) is 14.2. The Kier molecular flexibility index (Phi) is 4.52. The Labute approximate surface area is 133 Å². The van der Waals surface area contributed by atoms with Crippen molar-refractivity contribution in [2.24, 2.45) is 0 Å². The predicted octanol–water partition coefficient (Wildman–Crippen LogP) is 0.535. The van der Waals surface area contributed by atoms with Gasteiger partial charge in [-0.25, -0.2) is 21.6 Å². The van der Waals surface area contributed by atoms with Crippen molar-refractivity contribution in [3.63, 3.8) is 0 Å². The van der Waals surface area contributed by atoms with Crippen LogP contribution in [0.3, 0.4) is 0 Å². The van der Waals surface area contributed by atoms with Crippen LogP contribution >= 0.6 is 12.2 Å². The van der Waals surface area contributed by atoms with Gasteiger partial charge in [0.15, 0.2) is 5.82 Å². The van der Waals surface area contributed by atoms with Crippen LogP contribution in [0.5, 0.6) is 0 Å². The van der Waals surface area contributed by atoms with Gasteiger partial charge in [-0.1, -0.05) is 17.7 Å². The van der Waals surface area contributed by atoms with Crippen molar-refractivity contribution in [1.29, 1.82) is 0 Å². The molecule has 0 aliphatic rings. The number of sulfonamides is 1. The highest BCUT2D eigenvalue weighted by molar-refractivity contribution is 7.90. The SMILES string of the molecule is Cc1ccc(S(=O)(=O)n2c(CNS(C)(=O)=O)n[nH]c2=S)cc1. The van der Waals surface area contributed by atoms with Gasteiger partial charge in [0.1, 0.15) is 0 Å². The maximum Gasteiger partial charge on any atom is 0.271 e. The Hall–Kier alpha value is -1.56. The molecule has 0 bridgehead atoms. The van der Waals surface area contributed by atoms with E-state index in [0.29, 0.717) is 0 Å². The molecule has 0 radical (unpaired) electrons. The zero-order valence-electron chi connectivity index (χ0n) is 11.8. The molecule has 22 heavy (non-hydrogen) atoms. The molecule has 2 N–H and O–H groups in total. The van der Waals surface area contributed by atoms with E-state index in [9.17, 15) is 16.8 Å². The molecule has 8 nitrogen and oxygen atoms in total. The summed E-state index contributed by atoms with van der Waals surface area (Å²) in [5.41, 5.74) is 0.911. The minimum absolute atomic E-state index is 0.0382. The van der Waals surface area contributed by atoms with Crippen LogP contribution in [0, 0.1) is 11.7 Å². The number of rotatable bonds is 5. The van der Waals surface area contributed by atoms with Crippen molar-refractivity contribution >= 4 is 32.3 Å². The molecule has 0 fully saturated rings. The van der Waals surface area contributed by atoms with Crippen LogP contribution in [0.15, 0.2) is 29.2 Å². The quantitative estimate of drug-likeness (QED) is 0.750. The average molecular weight is 362 g/mol. The van der Waals surface area contributed by atoms with E-state index in [4.69, 9.17) is 12.2 Å². The maximum atomic E-state index is 12.6.